The van der Waals surface area contributed by atoms with Gasteiger partial charge in [0.2, 0.25) is 5.95 Å². The molecule has 7 heteroatoms. The number of benzene rings is 8. The van der Waals surface area contributed by atoms with E-state index in [1.807, 2.05) is 60.7 Å². The highest BCUT2D eigenvalue weighted by molar-refractivity contribution is 6.24. The quantitative estimate of drug-likeness (QED) is 0.175. The summed E-state index contributed by atoms with van der Waals surface area (Å²) < 4.78 is 6.84. The molecule has 0 spiro atoms. The summed E-state index contributed by atoms with van der Waals surface area (Å²) in [7, 11) is 0. The third-order valence-corrected chi connectivity index (χ3v) is 11.5. The van der Waals surface area contributed by atoms with E-state index in [1.165, 1.54) is 5.39 Å². The lowest BCUT2D eigenvalue weighted by Crippen LogP contribution is -2.08. The van der Waals surface area contributed by atoms with Gasteiger partial charge in [0.05, 0.1) is 50.4 Å². The summed E-state index contributed by atoms with van der Waals surface area (Å²) in [6, 6.07) is 67.2. The van der Waals surface area contributed by atoms with Gasteiger partial charge in [-0.2, -0.15) is 15.2 Å². The highest BCUT2D eigenvalue weighted by Crippen LogP contribution is 2.43. The van der Waals surface area contributed by atoms with Gasteiger partial charge in [-0.15, -0.1) is 0 Å². The van der Waals surface area contributed by atoms with E-state index >= 15 is 0 Å². The zero-order valence-electron chi connectivity index (χ0n) is 31.5. The number of para-hydroxylation sites is 5. The maximum Gasteiger partial charge on any atom is 0.238 e. The smallest absolute Gasteiger partial charge is 0.238 e. The van der Waals surface area contributed by atoms with Crippen LogP contribution in [0.15, 0.2) is 188 Å². The van der Waals surface area contributed by atoms with Crippen LogP contribution in [-0.4, -0.2) is 28.7 Å². The molecule has 0 aliphatic carbocycles. The number of nitriles is 1. The number of hydrogen-bond donors (Lipinski definition) is 0. The van der Waals surface area contributed by atoms with Gasteiger partial charge in [-0.25, -0.2) is 4.98 Å². The number of aromatic nitrogens is 6. The third-order valence-electron chi connectivity index (χ3n) is 11.5. The molecule has 0 aliphatic heterocycles. The molecular weight excluding hydrogens is 723 g/mol. The lowest BCUT2D eigenvalue weighted by Gasteiger charge is -2.17. The van der Waals surface area contributed by atoms with Gasteiger partial charge >= 0.3 is 0 Å². The first-order valence-electron chi connectivity index (χ1n) is 19.6. The molecule has 274 valence electrons. The van der Waals surface area contributed by atoms with Crippen LogP contribution in [0.4, 0.5) is 0 Å². The first kappa shape index (κ1) is 32.9. The van der Waals surface area contributed by atoms with Crippen molar-refractivity contribution in [3.8, 4) is 46.2 Å². The molecule has 7 nitrogen and oxygen atoms in total. The van der Waals surface area contributed by atoms with E-state index in [4.69, 9.17) is 15.0 Å². The molecule has 0 fully saturated rings. The van der Waals surface area contributed by atoms with Crippen LogP contribution in [0.2, 0.25) is 0 Å². The van der Waals surface area contributed by atoms with Crippen LogP contribution in [0, 0.1) is 11.3 Å². The lowest BCUT2D eigenvalue weighted by atomic mass is 10.1. The van der Waals surface area contributed by atoms with Crippen LogP contribution < -0.4 is 0 Å². The van der Waals surface area contributed by atoms with Crippen molar-refractivity contribution in [2.45, 2.75) is 0 Å². The predicted molar refractivity (Wildman–Crippen MR) is 238 cm³/mol. The van der Waals surface area contributed by atoms with E-state index in [-0.39, 0.29) is 0 Å². The van der Waals surface area contributed by atoms with Crippen LogP contribution in [0.5, 0.6) is 0 Å². The van der Waals surface area contributed by atoms with Crippen molar-refractivity contribution in [2.75, 3.05) is 0 Å². The van der Waals surface area contributed by atoms with Gasteiger partial charge in [-0.3, -0.25) is 4.57 Å². The Morgan fingerprint density at radius 3 is 1.46 bits per heavy atom. The average Bonchev–Trinajstić information content (AvgIpc) is 3.95. The Morgan fingerprint density at radius 2 is 0.864 bits per heavy atom. The number of nitrogens with zero attached hydrogens (tertiary/aromatic N) is 7. The number of rotatable bonds is 5. The molecule has 8 aromatic carbocycles. The van der Waals surface area contributed by atoms with Crippen molar-refractivity contribution in [1.82, 2.24) is 28.7 Å². The normalized spacial score (nSPS) is 11.7. The van der Waals surface area contributed by atoms with E-state index in [0.29, 0.717) is 28.7 Å². The molecule has 12 aromatic rings. The molecule has 4 aromatic heterocycles. The Bertz CT molecular complexity index is 3630. The van der Waals surface area contributed by atoms with Gasteiger partial charge in [0.25, 0.3) is 0 Å². The van der Waals surface area contributed by atoms with Crippen molar-refractivity contribution in [2.24, 2.45) is 0 Å². The second-order valence-electron chi connectivity index (χ2n) is 14.8. The summed E-state index contributed by atoms with van der Waals surface area (Å²) >= 11 is 0. The van der Waals surface area contributed by atoms with Crippen molar-refractivity contribution in [3.05, 3.63) is 194 Å². The van der Waals surface area contributed by atoms with Crippen LogP contribution in [0.3, 0.4) is 0 Å². The molecule has 0 atom stereocenters. The van der Waals surface area contributed by atoms with Gasteiger partial charge in [-0.05, 0) is 54.6 Å². The molecule has 12 rings (SSSR count). The van der Waals surface area contributed by atoms with Crippen LogP contribution in [0.1, 0.15) is 5.56 Å². The van der Waals surface area contributed by atoms with E-state index in [2.05, 4.69) is 147 Å². The number of fused-ring (bicyclic) bond motifs is 10. The average molecular weight is 754 g/mol. The van der Waals surface area contributed by atoms with Crippen molar-refractivity contribution in [1.29, 1.82) is 5.26 Å². The van der Waals surface area contributed by atoms with Gasteiger partial charge in [0.15, 0.2) is 11.6 Å². The van der Waals surface area contributed by atoms with Crippen molar-refractivity contribution < 1.29 is 0 Å². The van der Waals surface area contributed by atoms with Crippen LogP contribution in [-0.2, 0) is 0 Å². The zero-order chi connectivity index (χ0) is 39.0. The molecule has 0 amide bonds. The monoisotopic (exact) mass is 753 g/mol. The van der Waals surface area contributed by atoms with Crippen LogP contribution >= 0.6 is 0 Å². The van der Waals surface area contributed by atoms with Gasteiger partial charge in [0.1, 0.15) is 0 Å². The Labute approximate surface area is 337 Å². The summed E-state index contributed by atoms with van der Waals surface area (Å²) in [5, 5.41) is 17.2. The minimum Gasteiger partial charge on any atom is -0.307 e. The summed E-state index contributed by atoms with van der Waals surface area (Å²) in [5.41, 5.74) is 10.3. The maximum absolute atomic E-state index is 10.4. The van der Waals surface area contributed by atoms with Crippen molar-refractivity contribution >= 4 is 65.4 Å². The molecule has 59 heavy (non-hydrogen) atoms. The Hall–Kier alpha value is -8.34. The summed E-state index contributed by atoms with van der Waals surface area (Å²) in [6.45, 7) is 0. The van der Waals surface area contributed by atoms with Gasteiger partial charge in [0, 0.05) is 49.1 Å². The van der Waals surface area contributed by atoms with E-state index < -0.39 is 0 Å². The van der Waals surface area contributed by atoms with Crippen LogP contribution in [0.25, 0.3) is 106 Å². The summed E-state index contributed by atoms with van der Waals surface area (Å²) in [6.07, 6.45) is 0. The molecule has 0 unspecified atom stereocenters. The largest absolute Gasteiger partial charge is 0.307 e. The molecule has 0 aliphatic rings. The zero-order valence-corrected chi connectivity index (χ0v) is 31.5. The fraction of sp³-hybridized carbons (Fsp3) is 0. The molecular formula is C52H31N7. The molecule has 0 bridgehead atoms. The fourth-order valence-corrected chi connectivity index (χ4v) is 9.02. The molecule has 0 radical (unpaired) electrons. The van der Waals surface area contributed by atoms with E-state index in [1.54, 1.807) is 0 Å². The standard InChI is InChI=1S/C52H31N7/c53-32-33-27-30-47(58-44-24-12-10-22-39(44)41-29-28-40-38-21-9-11-23-43(38)57(48(40)49(41)58)35-17-5-2-6-18-35)42(31-33)51-54-50(34-15-3-1-4-16-34)55-52(56-51)59-45-25-13-7-19-36(45)37-20-8-14-26-46(37)59/h1-31H. The topological polar surface area (TPSA) is 77.2 Å². The van der Waals surface area contributed by atoms with E-state index in [9.17, 15) is 5.26 Å². The Kier molecular flexibility index (Phi) is 7.16. The minimum atomic E-state index is 0.463. The first-order valence-corrected chi connectivity index (χ1v) is 19.6. The second-order valence-corrected chi connectivity index (χ2v) is 14.8. The lowest BCUT2D eigenvalue weighted by molar-refractivity contribution is 0.951. The predicted octanol–water partition coefficient (Wildman–Crippen LogP) is 12.4. The highest BCUT2D eigenvalue weighted by Gasteiger charge is 2.25. The fourth-order valence-electron chi connectivity index (χ4n) is 9.02. The second kappa shape index (κ2) is 12.8. The maximum atomic E-state index is 10.4. The Balaban J connectivity index is 1.23. The van der Waals surface area contributed by atoms with E-state index in [0.717, 1.165) is 77.0 Å². The molecule has 4 heterocycles. The number of hydrogen-bond acceptors (Lipinski definition) is 4. The van der Waals surface area contributed by atoms with Crippen molar-refractivity contribution in [3.63, 3.8) is 0 Å². The third kappa shape index (κ3) is 4.90. The molecule has 0 saturated carbocycles. The first-order chi connectivity index (χ1) is 29.2. The van der Waals surface area contributed by atoms with Gasteiger partial charge < -0.3 is 9.13 Å². The minimum absolute atomic E-state index is 0.463. The van der Waals surface area contributed by atoms with Gasteiger partial charge in [-0.1, -0.05) is 133 Å². The highest BCUT2D eigenvalue weighted by atomic mass is 15.2. The summed E-state index contributed by atoms with van der Waals surface area (Å²) in [4.78, 5) is 15.8. The summed E-state index contributed by atoms with van der Waals surface area (Å²) in [5.74, 6) is 1.49. The Morgan fingerprint density at radius 1 is 0.390 bits per heavy atom. The molecule has 0 saturated heterocycles. The molecule has 0 N–H and O–H groups in total. The SMILES string of the molecule is N#Cc1ccc(-n2c3ccccc3c3ccc4c5ccccc5n(-c5ccccc5)c4c32)c(-c2nc(-c3ccccc3)nc(-n3c4ccccc4c4ccccc43)n2)c1.